The molecule has 4 heteroatoms. The Bertz CT molecular complexity index is 645. The van der Waals surface area contributed by atoms with Crippen LogP contribution in [-0.4, -0.2) is 17.0 Å². The van der Waals surface area contributed by atoms with Crippen LogP contribution in [0.15, 0.2) is 24.3 Å². The fourth-order valence-corrected chi connectivity index (χ4v) is 1.97. The zero-order chi connectivity index (χ0) is 15.6. The number of hydrogen-bond donors (Lipinski definition) is 1. The highest BCUT2D eigenvalue weighted by atomic mass is 16.5. The molecule has 1 aromatic heterocycles. The Balaban J connectivity index is 2.39. The summed E-state index contributed by atoms with van der Waals surface area (Å²) in [5, 5.41) is 3.06. The summed E-state index contributed by atoms with van der Waals surface area (Å²) in [4.78, 5) is 9.04. The number of hydrogen-bond acceptors (Lipinski definition) is 4. The maximum absolute atomic E-state index is 5.95. The van der Waals surface area contributed by atoms with Crippen molar-refractivity contribution in [2.75, 3.05) is 12.4 Å². The maximum atomic E-state index is 5.95. The molecule has 0 bridgehead atoms. The minimum absolute atomic E-state index is 0.132. The van der Waals surface area contributed by atoms with Crippen LogP contribution >= 0.6 is 0 Å². The zero-order valence-corrected chi connectivity index (χ0v) is 13.6. The molecular weight excluding hydrogens is 262 g/mol. The van der Waals surface area contributed by atoms with Crippen molar-refractivity contribution in [2.24, 2.45) is 0 Å². The molecule has 0 aliphatic rings. The second-order valence-corrected chi connectivity index (χ2v) is 6.29. The number of nitrogens with zero attached hydrogens (tertiary/aromatic N) is 2. The van der Waals surface area contributed by atoms with Crippen molar-refractivity contribution in [3.63, 3.8) is 0 Å². The van der Waals surface area contributed by atoms with Gasteiger partial charge < -0.3 is 10.1 Å². The molecule has 1 N–H and O–H groups in total. The average molecular weight is 285 g/mol. The SMILES string of the molecule is CNc1cc(Oc2ccc(C)cc2C)nc(C(C)(C)C)n1. The molecule has 0 aliphatic carbocycles. The predicted octanol–water partition coefficient (Wildman–Crippen LogP) is 4.22. The van der Waals surface area contributed by atoms with Crippen LogP contribution in [0.2, 0.25) is 0 Å². The fourth-order valence-electron chi connectivity index (χ4n) is 1.97. The van der Waals surface area contributed by atoms with Gasteiger partial charge in [-0.05, 0) is 25.5 Å². The van der Waals surface area contributed by atoms with Gasteiger partial charge >= 0.3 is 0 Å². The van der Waals surface area contributed by atoms with Crippen molar-refractivity contribution >= 4 is 5.82 Å². The number of nitrogens with one attached hydrogen (secondary N) is 1. The van der Waals surface area contributed by atoms with Crippen LogP contribution in [0.25, 0.3) is 0 Å². The van der Waals surface area contributed by atoms with E-state index in [1.165, 1.54) is 5.56 Å². The van der Waals surface area contributed by atoms with E-state index in [9.17, 15) is 0 Å². The van der Waals surface area contributed by atoms with Gasteiger partial charge in [0.05, 0.1) is 0 Å². The third-order valence-electron chi connectivity index (χ3n) is 3.17. The molecule has 0 saturated carbocycles. The Kier molecular flexibility index (Phi) is 4.16. The second kappa shape index (κ2) is 5.72. The number of aryl methyl sites for hydroxylation is 2. The van der Waals surface area contributed by atoms with E-state index in [-0.39, 0.29) is 5.41 Å². The molecule has 0 aliphatic heterocycles. The van der Waals surface area contributed by atoms with Crippen molar-refractivity contribution in [1.29, 1.82) is 0 Å². The Morgan fingerprint density at radius 3 is 2.33 bits per heavy atom. The van der Waals surface area contributed by atoms with Crippen LogP contribution < -0.4 is 10.1 Å². The Labute approximate surface area is 126 Å². The van der Waals surface area contributed by atoms with E-state index in [0.717, 1.165) is 23.0 Å². The lowest BCUT2D eigenvalue weighted by Crippen LogP contribution is -2.17. The van der Waals surface area contributed by atoms with E-state index >= 15 is 0 Å². The molecule has 1 heterocycles. The largest absolute Gasteiger partial charge is 0.439 e. The first-order chi connectivity index (χ1) is 9.79. The molecule has 0 atom stereocenters. The van der Waals surface area contributed by atoms with E-state index in [1.807, 2.05) is 32.2 Å². The lowest BCUT2D eigenvalue weighted by Gasteiger charge is -2.18. The molecule has 0 spiro atoms. The molecule has 0 unspecified atom stereocenters. The lowest BCUT2D eigenvalue weighted by molar-refractivity contribution is 0.443. The number of rotatable bonds is 3. The molecule has 0 radical (unpaired) electrons. The monoisotopic (exact) mass is 285 g/mol. The topological polar surface area (TPSA) is 47.0 Å². The third-order valence-corrected chi connectivity index (χ3v) is 3.17. The number of ether oxygens (including phenoxy) is 1. The molecule has 0 fully saturated rings. The average Bonchev–Trinajstić information content (AvgIpc) is 2.40. The van der Waals surface area contributed by atoms with Crippen LogP contribution in [0.4, 0.5) is 5.82 Å². The minimum Gasteiger partial charge on any atom is -0.439 e. The summed E-state index contributed by atoms with van der Waals surface area (Å²) >= 11 is 0. The van der Waals surface area contributed by atoms with Crippen molar-refractivity contribution < 1.29 is 4.74 Å². The smallest absolute Gasteiger partial charge is 0.224 e. The second-order valence-electron chi connectivity index (χ2n) is 6.29. The fraction of sp³-hybridized carbons (Fsp3) is 0.412. The number of aromatic nitrogens is 2. The van der Waals surface area contributed by atoms with Gasteiger partial charge in [-0.25, -0.2) is 4.98 Å². The molecule has 0 amide bonds. The van der Waals surface area contributed by atoms with E-state index in [0.29, 0.717) is 5.88 Å². The molecule has 112 valence electrons. The highest BCUT2D eigenvalue weighted by molar-refractivity contribution is 5.42. The van der Waals surface area contributed by atoms with Gasteiger partial charge in [-0.1, -0.05) is 38.5 Å². The normalized spacial score (nSPS) is 11.3. The lowest BCUT2D eigenvalue weighted by atomic mass is 9.96. The van der Waals surface area contributed by atoms with Crippen molar-refractivity contribution in [1.82, 2.24) is 9.97 Å². The highest BCUT2D eigenvalue weighted by Crippen LogP contribution is 2.28. The van der Waals surface area contributed by atoms with Gasteiger partial charge in [0.2, 0.25) is 5.88 Å². The Morgan fingerprint density at radius 1 is 1.05 bits per heavy atom. The van der Waals surface area contributed by atoms with Gasteiger partial charge in [0, 0.05) is 18.5 Å². The first kappa shape index (κ1) is 15.3. The summed E-state index contributed by atoms with van der Waals surface area (Å²) in [6.45, 7) is 10.4. The number of benzene rings is 1. The number of anilines is 1. The summed E-state index contributed by atoms with van der Waals surface area (Å²) in [6, 6.07) is 7.92. The van der Waals surface area contributed by atoms with Gasteiger partial charge in [-0.3, -0.25) is 0 Å². The van der Waals surface area contributed by atoms with E-state index < -0.39 is 0 Å². The van der Waals surface area contributed by atoms with Gasteiger partial charge in [-0.2, -0.15) is 4.98 Å². The van der Waals surface area contributed by atoms with Crippen molar-refractivity contribution in [3.05, 3.63) is 41.2 Å². The first-order valence-electron chi connectivity index (χ1n) is 7.12. The quantitative estimate of drug-likeness (QED) is 0.917. The summed E-state index contributed by atoms with van der Waals surface area (Å²) < 4.78 is 5.95. The summed E-state index contributed by atoms with van der Waals surface area (Å²) in [7, 11) is 1.84. The minimum atomic E-state index is -0.132. The molecule has 1 aromatic carbocycles. The van der Waals surface area contributed by atoms with E-state index in [1.54, 1.807) is 0 Å². The summed E-state index contributed by atoms with van der Waals surface area (Å²) in [6.07, 6.45) is 0. The van der Waals surface area contributed by atoms with Crippen LogP contribution in [0.3, 0.4) is 0 Å². The van der Waals surface area contributed by atoms with Gasteiger partial charge in [0.25, 0.3) is 0 Å². The van der Waals surface area contributed by atoms with Crippen LogP contribution in [-0.2, 0) is 5.41 Å². The van der Waals surface area contributed by atoms with Crippen molar-refractivity contribution in [2.45, 2.75) is 40.0 Å². The summed E-state index contributed by atoms with van der Waals surface area (Å²) in [5.74, 6) is 2.90. The predicted molar refractivity (Wildman–Crippen MR) is 86.3 cm³/mol. The van der Waals surface area contributed by atoms with Crippen molar-refractivity contribution in [3.8, 4) is 11.6 Å². The maximum Gasteiger partial charge on any atom is 0.224 e. The standard InChI is InChI=1S/C17H23N3O/c1-11-7-8-13(12(2)9-11)21-15-10-14(18-6)19-16(20-15)17(3,4)5/h7-10H,1-6H3,(H,18,19,20). The highest BCUT2D eigenvalue weighted by Gasteiger charge is 2.19. The van der Waals surface area contributed by atoms with Gasteiger partial charge in [-0.15, -0.1) is 0 Å². The van der Waals surface area contributed by atoms with Gasteiger partial charge in [0.1, 0.15) is 17.4 Å². The van der Waals surface area contributed by atoms with Crippen LogP contribution in [0.5, 0.6) is 11.6 Å². The Hall–Kier alpha value is -2.10. The zero-order valence-electron chi connectivity index (χ0n) is 13.6. The molecule has 2 rings (SSSR count). The van der Waals surface area contributed by atoms with Gasteiger partial charge in [0.15, 0.2) is 0 Å². The molecule has 2 aromatic rings. The first-order valence-corrected chi connectivity index (χ1v) is 7.12. The van der Waals surface area contributed by atoms with Crippen LogP contribution in [0.1, 0.15) is 37.7 Å². The molecular formula is C17H23N3O. The summed E-state index contributed by atoms with van der Waals surface area (Å²) in [5.41, 5.74) is 2.18. The third kappa shape index (κ3) is 3.72. The molecule has 21 heavy (non-hydrogen) atoms. The molecule has 4 nitrogen and oxygen atoms in total. The van der Waals surface area contributed by atoms with Crippen LogP contribution in [0, 0.1) is 13.8 Å². The molecule has 0 saturated heterocycles. The Morgan fingerprint density at radius 2 is 1.76 bits per heavy atom. The van der Waals surface area contributed by atoms with E-state index in [4.69, 9.17) is 4.74 Å². The van der Waals surface area contributed by atoms with E-state index in [2.05, 4.69) is 49.0 Å².